The van der Waals surface area contributed by atoms with E-state index in [4.69, 9.17) is 14.6 Å². The zero-order valence-corrected chi connectivity index (χ0v) is 23.6. The minimum Gasteiger partial charge on any atom is -0.462 e. The van der Waals surface area contributed by atoms with Crippen LogP contribution in [0.2, 0.25) is 0 Å². The third-order valence-electron chi connectivity index (χ3n) is 8.19. The predicted octanol–water partition coefficient (Wildman–Crippen LogP) is 2.81. The molecule has 4 heterocycles. The summed E-state index contributed by atoms with van der Waals surface area (Å²) in [5.41, 5.74) is 2.71. The Bertz CT molecular complexity index is 1310. The molecule has 0 bridgehead atoms. The largest absolute Gasteiger partial charge is 0.462 e. The normalized spacial score (nSPS) is 20.3. The fourth-order valence-electron chi connectivity index (χ4n) is 5.81. The first kappa shape index (κ1) is 27.8. The van der Waals surface area contributed by atoms with E-state index in [1.807, 2.05) is 18.5 Å². The van der Waals surface area contributed by atoms with Gasteiger partial charge in [-0.2, -0.15) is 9.40 Å². The van der Waals surface area contributed by atoms with Crippen molar-refractivity contribution in [1.29, 1.82) is 0 Å². The fourth-order valence-corrected chi connectivity index (χ4v) is 7.33. The van der Waals surface area contributed by atoms with E-state index in [1.165, 1.54) is 28.6 Å². The highest BCUT2D eigenvalue weighted by Gasteiger charge is 2.39. The second-order valence-electron chi connectivity index (χ2n) is 11.1. The van der Waals surface area contributed by atoms with Crippen molar-refractivity contribution in [2.24, 2.45) is 11.3 Å². The molecule has 1 N–H and O–H groups in total. The van der Waals surface area contributed by atoms with Gasteiger partial charge in [0.2, 0.25) is 10.0 Å². The molecule has 2 fully saturated rings. The summed E-state index contributed by atoms with van der Waals surface area (Å²) in [4.78, 5) is 25.9. The first-order chi connectivity index (χ1) is 18.7. The molecule has 0 unspecified atom stereocenters. The second-order valence-corrected chi connectivity index (χ2v) is 13.1. The summed E-state index contributed by atoms with van der Waals surface area (Å²) in [6, 6.07) is 5.94. The van der Waals surface area contributed by atoms with Crippen molar-refractivity contribution in [3.8, 4) is 0 Å². The summed E-state index contributed by atoms with van der Waals surface area (Å²) < 4.78 is 40.1. The summed E-state index contributed by atoms with van der Waals surface area (Å²) >= 11 is 0. The van der Waals surface area contributed by atoms with Crippen molar-refractivity contribution in [3.05, 3.63) is 46.8 Å². The number of fused-ring (bicyclic) bond motifs is 1. The molecule has 0 aliphatic carbocycles. The number of esters is 1. The molecular weight excluding hydrogens is 520 g/mol. The lowest BCUT2D eigenvalue weighted by Gasteiger charge is -2.36. The molecule has 39 heavy (non-hydrogen) atoms. The zero-order valence-electron chi connectivity index (χ0n) is 22.8. The molecule has 1 atom stereocenters. The molecule has 3 aliphatic heterocycles. The lowest BCUT2D eigenvalue weighted by Crippen LogP contribution is -2.41. The van der Waals surface area contributed by atoms with Crippen LogP contribution in [0, 0.1) is 11.3 Å². The Hall–Kier alpha value is -2.76. The summed E-state index contributed by atoms with van der Waals surface area (Å²) in [6.45, 7) is 7.76. The third-order valence-corrected chi connectivity index (χ3v) is 10.1. The van der Waals surface area contributed by atoms with E-state index >= 15 is 0 Å². The molecule has 0 radical (unpaired) electrons. The van der Waals surface area contributed by atoms with Gasteiger partial charge in [-0.15, -0.1) is 0 Å². The number of carbonyl (C=O) groups excluding carboxylic acids is 2. The molecule has 3 aliphatic rings. The van der Waals surface area contributed by atoms with Crippen molar-refractivity contribution in [1.82, 2.24) is 19.4 Å². The van der Waals surface area contributed by atoms with E-state index in [-0.39, 0.29) is 28.7 Å². The molecule has 11 heteroatoms. The lowest BCUT2D eigenvalue weighted by atomic mass is 9.76. The van der Waals surface area contributed by atoms with Crippen LogP contribution in [-0.4, -0.2) is 73.8 Å². The van der Waals surface area contributed by atoms with E-state index in [1.54, 1.807) is 0 Å². The summed E-state index contributed by atoms with van der Waals surface area (Å²) in [5.74, 6) is -0.610. The van der Waals surface area contributed by atoms with Crippen LogP contribution in [0.4, 0.5) is 0 Å². The summed E-state index contributed by atoms with van der Waals surface area (Å²) in [7, 11) is -3.53. The Morgan fingerprint density at radius 3 is 2.54 bits per heavy atom. The molecule has 1 amide bonds. The molecule has 212 valence electrons. The number of amides is 1. The van der Waals surface area contributed by atoms with Gasteiger partial charge in [0.15, 0.2) is 0 Å². The van der Waals surface area contributed by atoms with Gasteiger partial charge in [-0.05, 0) is 68.2 Å². The number of aromatic nitrogens is 2. The van der Waals surface area contributed by atoms with Crippen LogP contribution in [0.1, 0.15) is 71.6 Å². The molecule has 2 aromatic rings. The average molecular weight is 559 g/mol. The first-order valence-corrected chi connectivity index (χ1v) is 15.4. The monoisotopic (exact) mass is 558 g/mol. The van der Waals surface area contributed by atoms with Crippen molar-refractivity contribution < 1.29 is 27.5 Å². The maximum absolute atomic E-state index is 13.0. The molecule has 5 rings (SSSR count). The lowest BCUT2D eigenvalue weighted by molar-refractivity contribution is 0.0151. The van der Waals surface area contributed by atoms with E-state index in [2.05, 4.69) is 5.32 Å². The first-order valence-electron chi connectivity index (χ1n) is 13.9. The maximum Gasteiger partial charge on any atom is 0.338 e. The second kappa shape index (κ2) is 11.4. The molecule has 0 saturated carbocycles. The number of nitrogens with one attached hydrogen (secondary N) is 1. The van der Waals surface area contributed by atoms with Crippen LogP contribution >= 0.6 is 0 Å². The number of rotatable bonds is 8. The zero-order chi connectivity index (χ0) is 27.6. The van der Waals surface area contributed by atoms with Gasteiger partial charge < -0.3 is 14.8 Å². The van der Waals surface area contributed by atoms with Crippen molar-refractivity contribution >= 4 is 21.9 Å². The van der Waals surface area contributed by atoms with E-state index < -0.39 is 16.0 Å². The number of nitrogens with zero attached hydrogens (tertiary/aromatic N) is 3. The SMILES string of the molecule is CCc1nn(C[C@@H](C)COC(=O)c2ccc(S(=O)(=O)N3CCCC3)cc2)c2c1C(=O)NCC1(CCOCC1)C2. The molecule has 1 aromatic heterocycles. The average Bonchev–Trinajstić information content (AvgIpc) is 3.58. The number of hydrogen-bond donors (Lipinski definition) is 1. The van der Waals surface area contributed by atoms with E-state index in [9.17, 15) is 18.0 Å². The quantitative estimate of drug-likeness (QED) is 0.495. The number of hydrogen-bond acceptors (Lipinski definition) is 7. The highest BCUT2D eigenvalue weighted by Crippen LogP contribution is 2.37. The number of carbonyl (C=O) groups is 2. The maximum atomic E-state index is 13.0. The van der Waals surface area contributed by atoms with Gasteiger partial charge in [-0.25, -0.2) is 13.2 Å². The fraction of sp³-hybridized carbons (Fsp3) is 0.607. The van der Waals surface area contributed by atoms with Crippen LogP contribution in [-0.2, 0) is 38.9 Å². The Kier molecular flexibility index (Phi) is 8.11. The predicted molar refractivity (Wildman–Crippen MR) is 144 cm³/mol. The van der Waals surface area contributed by atoms with Crippen LogP contribution in [0.3, 0.4) is 0 Å². The Labute approximate surface area is 230 Å². The number of ether oxygens (including phenoxy) is 2. The topological polar surface area (TPSA) is 120 Å². The minimum absolute atomic E-state index is 0.0356. The summed E-state index contributed by atoms with van der Waals surface area (Å²) in [5, 5.41) is 7.93. The number of sulfonamides is 1. The van der Waals surface area contributed by atoms with Crippen LogP contribution in [0.25, 0.3) is 0 Å². The van der Waals surface area contributed by atoms with Crippen molar-refractivity contribution in [2.45, 2.75) is 63.8 Å². The van der Waals surface area contributed by atoms with Crippen molar-refractivity contribution in [3.63, 3.8) is 0 Å². The molecule has 10 nitrogen and oxygen atoms in total. The standard InChI is InChI=1S/C28H38N4O6S/c1-3-23-25-24(16-28(19-29-26(25)33)10-14-37-15-11-28)32(30-23)17-20(2)18-38-27(34)21-6-8-22(9-7-21)39(35,36)31-12-4-5-13-31/h6-9,20H,3-5,10-19H2,1-2H3,(H,29,33)/t20-/m1/s1. The Morgan fingerprint density at radius 1 is 1.18 bits per heavy atom. The van der Waals surface area contributed by atoms with Crippen LogP contribution in [0.5, 0.6) is 0 Å². The van der Waals surface area contributed by atoms with Crippen LogP contribution in [0.15, 0.2) is 29.2 Å². The molecule has 1 aromatic carbocycles. The van der Waals surface area contributed by atoms with Gasteiger partial charge in [0.1, 0.15) is 0 Å². The van der Waals surface area contributed by atoms with E-state index in [0.717, 1.165) is 43.5 Å². The molecule has 2 saturated heterocycles. The molecular formula is C28H38N4O6S. The summed E-state index contributed by atoms with van der Waals surface area (Å²) in [6.07, 6.45) is 4.94. The van der Waals surface area contributed by atoms with E-state index in [0.29, 0.717) is 56.9 Å². The molecule has 1 spiro atoms. The minimum atomic E-state index is -3.53. The van der Waals surface area contributed by atoms with Gasteiger partial charge in [-0.1, -0.05) is 13.8 Å². The van der Waals surface area contributed by atoms with Gasteiger partial charge in [0.05, 0.1) is 34.0 Å². The highest BCUT2D eigenvalue weighted by atomic mass is 32.2. The van der Waals surface area contributed by atoms with Crippen LogP contribution < -0.4 is 5.32 Å². The Morgan fingerprint density at radius 2 is 1.87 bits per heavy atom. The smallest absolute Gasteiger partial charge is 0.338 e. The highest BCUT2D eigenvalue weighted by molar-refractivity contribution is 7.89. The Balaban J connectivity index is 1.24. The third kappa shape index (κ3) is 5.76. The van der Waals surface area contributed by atoms with Gasteiger partial charge in [-0.3, -0.25) is 9.48 Å². The van der Waals surface area contributed by atoms with Crippen molar-refractivity contribution in [2.75, 3.05) is 39.5 Å². The number of aryl methyl sites for hydroxylation is 1. The van der Waals surface area contributed by atoms with Gasteiger partial charge in [0, 0.05) is 45.3 Å². The van der Waals surface area contributed by atoms with Gasteiger partial charge >= 0.3 is 5.97 Å². The van der Waals surface area contributed by atoms with Gasteiger partial charge in [0.25, 0.3) is 5.91 Å². The number of benzene rings is 1.